The van der Waals surface area contributed by atoms with Crippen LogP contribution in [-0.2, 0) is 0 Å². The normalized spacial score (nSPS) is 25.7. The van der Waals surface area contributed by atoms with Crippen molar-refractivity contribution in [1.82, 2.24) is 4.90 Å². The van der Waals surface area contributed by atoms with Crippen LogP contribution in [0.3, 0.4) is 0 Å². The van der Waals surface area contributed by atoms with E-state index < -0.39 is 0 Å². The third kappa shape index (κ3) is 3.69. The molecule has 2 nitrogen and oxygen atoms in total. The van der Waals surface area contributed by atoms with Gasteiger partial charge in [0.1, 0.15) is 0 Å². The van der Waals surface area contributed by atoms with E-state index in [1.165, 1.54) is 24.9 Å². The predicted molar refractivity (Wildman–Crippen MR) is 78.3 cm³/mol. The van der Waals surface area contributed by atoms with E-state index in [-0.39, 0.29) is 0 Å². The fraction of sp³-hybridized carbons (Fsp3) is 0.500. The Hall–Kier alpha value is -1.12. The summed E-state index contributed by atoms with van der Waals surface area (Å²) in [6.45, 7) is 5.31. The van der Waals surface area contributed by atoms with Crippen molar-refractivity contribution in [2.75, 3.05) is 19.6 Å². The molecule has 2 unspecified atom stereocenters. The molecule has 2 heteroatoms. The second-order valence-corrected chi connectivity index (χ2v) is 5.33. The van der Waals surface area contributed by atoms with Crippen LogP contribution < -0.4 is 5.73 Å². The average Bonchev–Trinajstić information content (AvgIpc) is 2.41. The molecule has 0 spiro atoms. The maximum atomic E-state index is 5.87. The third-order valence-electron chi connectivity index (χ3n) is 3.82. The highest BCUT2D eigenvalue weighted by molar-refractivity contribution is 5.48. The Labute approximate surface area is 110 Å². The van der Waals surface area contributed by atoms with E-state index in [2.05, 4.69) is 48.2 Å². The van der Waals surface area contributed by atoms with Crippen LogP contribution in [-0.4, -0.2) is 30.6 Å². The Bertz CT molecular complexity index is 372. The molecule has 1 fully saturated rings. The van der Waals surface area contributed by atoms with E-state index >= 15 is 0 Å². The van der Waals surface area contributed by atoms with Gasteiger partial charge in [-0.3, -0.25) is 4.90 Å². The lowest BCUT2D eigenvalue weighted by Gasteiger charge is -2.37. The Morgan fingerprint density at radius 2 is 2.11 bits per heavy atom. The van der Waals surface area contributed by atoms with Gasteiger partial charge in [-0.25, -0.2) is 0 Å². The summed E-state index contributed by atoms with van der Waals surface area (Å²) in [5, 5.41) is 0. The first-order valence-corrected chi connectivity index (χ1v) is 6.95. The van der Waals surface area contributed by atoms with E-state index in [0.29, 0.717) is 6.04 Å². The first-order chi connectivity index (χ1) is 8.79. The van der Waals surface area contributed by atoms with Crippen LogP contribution in [0.25, 0.3) is 6.08 Å². The zero-order chi connectivity index (χ0) is 12.8. The van der Waals surface area contributed by atoms with Crippen molar-refractivity contribution in [3.8, 4) is 0 Å². The lowest BCUT2D eigenvalue weighted by Crippen LogP contribution is -2.46. The molecular weight excluding hydrogens is 220 g/mol. The number of piperidine rings is 1. The molecule has 0 radical (unpaired) electrons. The van der Waals surface area contributed by atoms with E-state index in [4.69, 9.17) is 5.73 Å². The summed E-state index contributed by atoms with van der Waals surface area (Å²) in [6.07, 6.45) is 7.00. The molecule has 0 aliphatic carbocycles. The SMILES string of the molecule is CC1CCN(C/C=C/c2ccccc2)C(CN)C1. The van der Waals surface area contributed by atoms with Gasteiger partial charge in [-0.2, -0.15) is 0 Å². The molecule has 1 aromatic rings. The predicted octanol–water partition coefficient (Wildman–Crippen LogP) is 2.76. The second kappa shape index (κ2) is 6.72. The molecule has 1 aliphatic heterocycles. The molecule has 2 N–H and O–H groups in total. The number of hydrogen-bond donors (Lipinski definition) is 1. The van der Waals surface area contributed by atoms with Gasteiger partial charge in [0.05, 0.1) is 0 Å². The van der Waals surface area contributed by atoms with Gasteiger partial charge in [0, 0.05) is 19.1 Å². The monoisotopic (exact) mass is 244 g/mol. The van der Waals surface area contributed by atoms with Crippen molar-refractivity contribution in [3.05, 3.63) is 42.0 Å². The van der Waals surface area contributed by atoms with Gasteiger partial charge in [0.25, 0.3) is 0 Å². The van der Waals surface area contributed by atoms with Crippen molar-refractivity contribution in [3.63, 3.8) is 0 Å². The zero-order valence-corrected chi connectivity index (χ0v) is 11.3. The van der Waals surface area contributed by atoms with E-state index in [0.717, 1.165) is 19.0 Å². The molecule has 1 aromatic carbocycles. The van der Waals surface area contributed by atoms with Gasteiger partial charge < -0.3 is 5.73 Å². The minimum atomic E-state index is 0.564. The molecule has 0 amide bonds. The van der Waals surface area contributed by atoms with Crippen molar-refractivity contribution < 1.29 is 0 Å². The molecular formula is C16H24N2. The van der Waals surface area contributed by atoms with Crippen molar-refractivity contribution in [1.29, 1.82) is 0 Å². The molecule has 1 saturated heterocycles. The maximum Gasteiger partial charge on any atom is 0.0224 e. The van der Waals surface area contributed by atoms with Crippen molar-refractivity contribution in [2.24, 2.45) is 11.7 Å². The van der Waals surface area contributed by atoms with Crippen molar-refractivity contribution >= 4 is 6.08 Å². The zero-order valence-electron chi connectivity index (χ0n) is 11.3. The number of nitrogens with two attached hydrogens (primary N) is 1. The van der Waals surface area contributed by atoms with Crippen LogP contribution in [0.4, 0.5) is 0 Å². The van der Waals surface area contributed by atoms with E-state index in [1.807, 2.05) is 6.07 Å². The molecule has 1 aliphatic rings. The summed E-state index contributed by atoms with van der Waals surface area (Å²) in [7, 11) is 0. The molecule has 1 heterocycles. The lowest BCUT2D eigenvalue weighted by molar-refractivity contribution is 0.137. The standard InChI is InChI=1S/C16H24N2/c1-14-9-11-18(16(12-14)13-17)10-5-8-15-6-3-2-4-7-15/h2-8,14,16H,9-13,17H2,1H3/b8-5+. The molecule has 98 valence electrons. The molecule has 2 atom stereocenters. The average molecular weight is 244 g/mol. The van der Waals surface area contributed by atoms with Crippen molar-refractivity contribution in [2.45, 2.75) is 25.8 Å². The number of hydrogen-bond acceptors (Lipinski definition) is 2. The summed E-state index contributed by atoms with van der Waals surface area (Å²) >= 11 is 0. The Kier molecular flexibility index (Phi) is 4.97. The maximum absolute atomic E-state index is 5.87. The largest absolute Gasteiger partial charge is 0.329 e. The number of rotatable bonds is 4. The topological polar surface area (TPSA) is 29.3 Å². The molecule has 18 heavy (non-hydrogen) atoms. The lowest BCUT2D eigenvalue weighted by atomic mass is 9.92. The summed E-state index contributed by atoms with van der Waals surface area (Å²) in [5.41, 5.74) is 7.14. The summed E-state index contributed by atoms with van der Waals surface area (Å²) < 4.78 is 0. The summed E-state index contributed by atoms with van der Waals surface area (Å²) in [5.74, 6) is 0.827. The van der Waals surface area contributed by atoms with Gasteiger partial charge in [-0.05, 0) is 30.9 Å². The van der Waals surface area contributed by atoms with Gasteiger partial charge >= 0.3 is 0 Å². The molecule has 0 bridgehead atoms. The van der Waals surface area contributed by atoms with Gasteiger partial charge in [0.15, 0.2) is 0 Å². The molecule has 0 saturated carbocycles. The second-order valence-electron chi connectivity index (χ2n) is 5.33. The van der Waals surface area contributed by atoms with Gasteiger partial charge in [0.2, 0.25) is 0 Å². The first-order valence-electron chi connectivity index (χ1n) is 6.95. The summed E-state index contributed by atoms with van der Waals surface area (Å²) in [6, 6.07) is 11.0. The summed E-state index contributed by atoms with van der Waals surface area (Å²) in [4.78, 5) is 2.51. The number of nitrogens with zero attached hydrogens (tertiary/aromatic N) is 1. The minimum absolute atomic E-state index is 0.564. The van der Waals surface area contributed by atoms with E-state index in [9.17, 15) is 0 Å². The van der Waals surface area contributed by atoms with Crippen LogP contribution in [0.2, 0.25) is 0 Å². The van der Waals surface area contributed by atoms with Gasteiger partial charge in [-0.1, -0.05) is 49.4 Å². The smallest absolute Gasteiger partial charge is 0.0224 e. The quantitative estimate of drug-likeness (QED) is 0.882. The Balaban J connectivity index is 1.87. The highest BCUT2D eigenvalue weighted by atomic mass is 15.2. The van der Waals surface area contributed by atoms with Crippen LogP contribution in [0.1, 0.15) is 25.3 Å². The fourth-order valence-corrected chi connectivity index (χ4v) is 2.67. The van der Waals surface area contributed by atoms with Crippen LogP contribution in [0.15, 0.2) is 36.4 Å². The minimum Gasteiger partial charge on any atom is -0.329 e. The highest BCUT2D eigenvalue weighted by Crippen LogP contribution is 2.21. The van der Waals surface area contributed by atoms with Crippen LogP contribution in [0.5, 0.6) is 0 Å². The fourth-order valence-electron chi connectivity index (χ4n) is 2.67. The Morgan fingerprint density at radius 1 is 1.33 bits per heavy atom. The third-order valence-corrected chi connectivity index (χ3v) is 3.82. The first kappa shape index (κ1) is 13.3. The van der Waals surface area contributed by atoms with Crippen LogP contribution >= 0.6 is 0 Å². The molecule has 2 rings (SSSR count). The molecule has 0 aromatic heterocycles. The van der Waals surface area contributed by atoms with Crippen LogP contribution in [0, 0.1) is 5.92 Å². The number of benzene rings is 1. The van der Waals surface area contributed by atoms with Gasteiger partial charge in [-0.15, -0.1) is 0 Å². The highest BCUT2D eigenvalue weighted by Gasteiger charge is 2.23. The van der Waals surface area contributed by atoms with E-state index in [1.54, 1.807) is 0 Å². The Morgan fingerprint density at radius 3 is 2.83 bits per heavy atom. The number of likely N-dealkylation sites (tertiary alicyclic amines) is 1.